The minimum absolute atomic E-state index is 0.207. The van der Waals surface area contributed by atoms with E-state index in [-0.39, 0.29) is 11.9 Å². The van der Waals surface area contributed by atoms with Crippen LogP contribution < -0.4 is 5.73 Å². The van der Waals surface area contributed by atoms with Crippen LogP contribution in [0.3, 0.4) is 0 Å². The largest absolute Gasteiger partial charge is 0.324 e. The van der Waals surface area contributed by atoms with Crippen LogP contribution in [-0.4, -0.2) is 4.98 Å². The summed E-state index contributed by atoms with van der Waals surface area (Å²) >= 11 is 0. The molecule has 2 aromatic carbocycles. The summed E-state index contributed by atoms with van der Waals surface area (Å²) in [5.74, 6) is -0.207. The van der Waals surface area contributed by atoms with Crippen molar-refractivity contribution >= 4 is 10.8 Å². The first-order valence-corrected chi connectivity index (χ1v) is 6.57. The number of nitrogens with zero attached hydrogens (tertiary/aromatic N) is 1. The molecule has 0 aliphatic rings. The van der Waals surface area contributed by atoms with Crippen LogP contribution in [-0.2, 0) is 6.42 Å². The van der Waals surface area contributed by atoms with E-state index < -0.39 is 0 Å². The number of pyridine rings is 1. The Labute approximate surface area is 117 Å². The second kappa shape index (κ2) is 5.39. The van der Waals surface area contributed by atoms with E-state index in [2.05, 4.69) is 4.98 Å². The summed E-state index contributed by atoms with van der Waals surface area (Å²) in [5.41, 5.74) is 7.91. The Morgan fingerprint density at radius 2 is 1.90 bits per heavy atom. The molecule has 100 valence electrons. The zero-order valence-electron chi connectivity index (χ0n) is 11.0. The maximum absolute atomic E-state index is 13.7. The highest BCUT2D eigenvalue weighted by molar-refractivity contribution is 5.85. The van der Waals surface area contributed by atoms with Gasteiger partial charge in [-0.1, -0.05) is 36.4 Å². The highest BCUT2D eigenvalue weighted by atomic mass is 19.1. The molecule has 2 nitrogen and oxygen atoms in total. The van der Waals surface area contributed by atoms with Gasteiger partial charge < -0.3 is 5.73 Å². The molecule has 0 aliphatic carbocycles. The summed E-state index contributed by atoms with van der Waals surface area (Å²) in [7, 11) is 0. The number of hydrogen-bond donors (Lipinski definition) is 1. The summed E-state index contributed by atoms with van der Waals surface area (Å²) in [4.78, 5) is 4.15. The Morgan fingerprint density at radius 1 is 1.05 bits per heavy atom. The smallest absolute Gasteiger partial charge is 0.126 e. The highest BCUT2D eigenvalue weighted by Gasteiger charge is 2.12. The summed E-state index contributed by atoms with van der Waals surface area (Å²) in [6, 6.07) is 14.4. The van der Waals surface area contributed by atoms with E-state index in [9.17, 15) is 4.39 Å². The van der Waals surface area contributed by atoms with Crippen LogP contribution in [0.1, 0.15) is 17.2 Å². The number of benzene rings is 2. The lowest BCUT2D eigenvalue weighted by Crippen LogP contribution is -2.14. The van der Waals surface area contributed by atoms with Crippen LogP contribution in [0.5, 0.6) is 0 Å². The van der Waals surface area contributed by atoms with Crippen molar-refractivity contribution < 1.29 is 4.39 Å². The Bertz CT molecular complexity index is 734. The van der Waals surface area contributed by atoms with Gasteiger partial charge in [0.25, 0.3) is 0 Å². The third-order valence-corrected chi connectivity index (χ3v) is 3.51. The molecular formula is C17H15FN2. The van der Waals surface area contributed by atoms with Crippen molar-refractivity contribution in [3.8, 4) is 0 Å². The van der Waals surface area contributed by atoms with Crippen LogP contribution in [0.15, 0.2) is 60.9 Å². The Hall–Kier alpha value is -2.26. The molecule has 2 N–H and O–H groups in total. The van der Waals surface area contributed by atoms with Gasteiger partial charge in [-0.15, -0.1) is 0 Å². The van der Waals surface area contributed by atoms with Crippen LogP contribution in [0.4, 0.5) is 4.39 Å². The van der Waals surface area contributed by atoms with E-state index in [1.807, 2.05) is 36.5 Å². The zero-order valence-corrected chi connectivity index (χ0v) is 11.0. The third kappa shape index (κ3) is 2.40. The number of fused-ring (bicyclic) bond motifs is 1. The first-order chi connectivity index (χ1) is 9.75. The molecule has 3 rings (SSSR count). The fraction of sp³-hybridized carbons (Fsp3) is 0.118. The van der Waals surface area contributed by atoms with E-state index >= 15 is 0 Å². The van der Waals surface area contributed by atoms with E-state index in [0.717, 1.165) is 16.3 Å². The molecule has 20 heavy (non-hydrogen) atoms. The molecule has 0 spiro atoms. The molecule has 0 bridgehead atoms. The molecule has 3 aromatic rings. The molecule has 0 radical (unpaired) electrons. The van der Waals surface area contributed by atoms with Gasteiger partial charge in [0.05, 0.1) is 0 Å². The standard InChI is InChI=1S/C17H15FN2/c18-16-7-2-1-4-13(16)10-17(19)14-6-3-5-12-8-9-20-11-15(12)14/h1-9,11,17H,10,19H2. The lowest BCUT2D eigenvalue weighted by Gasteiger charge is -2.15. The molecule has 0 amide bonds. The van der Waals surface area contributed by atoms with Gasteiger partial charge in [0.2, 0.25) is 0 Å². The van der Waals surface area contributed by atoms with E-state index in [4.69, 9.17) is 5.73 Å². The van der Waals surface area contributed by atoms with Gasteiger partial charge in [0.1, 0.15) is 5.82 Å². The number of nitrogens with two attached hydrogens (primary N) is 1. The third-order valence-electron chi connectivity index (χ3n) is 3.51. The first-order valence-electron chi connectivity index (χ1n) is 6.57. The van der Waals surface area contributed by atoms with Crippen molar-refractivity contribution in [3.63, 3.8) is 0 Å². The van der Waals surface area contributed by atoms with Crippen molar-refractivity contribution in [1.29, 1.82) is 0 Å². The summed E-state index contributed by atoms with van der Waals surface area (Å²) in [6.45, 7) is 0. The number of halogens is 1. The van der Waals surface area contributed by atoms with Crippen molar-refractivity contribution in [3.05, 3.63) is 77.9 Å². The minimum atomic E-state index is -0.250. The molecule has 0 saturated carbocycles. The van der Waals surface area contributed by atoms with Crippen molar-refractivity contribution in [2.45, 2.75) is 12.5 Å². The Morgan fingerprint density at radius 3 is 2.75 bits per heavy atom. The fourth-order valence-corrected chi connectivity index (χ4v) is 2.47. The van der Waals surface area contributed by atoms with E-state index in [0.29, 0.717) is 12.0 Å². The lowest BCUT2D eigenvalue weighted by atomic mass is 9.95. The van der Waals surface area contributed by atoms with E-state index in [1.165, 1.54) is 6.07 Å². The van der Waals surface area contributed by atoms with Crippen LogP contribution in [0, 0.1) is 5.82 Å². The topological polar surface area (TPSA) is 38.9 Å². The molecular weight excluding hydrogens is 251 g/mol. The minimum Gasteiger partial charge on any atom is -0.324 e. The van der Waals surface area contributed by atoms with Gasteiger partial charge >= 0.3 is 0 Å². The molecule has 1 atom stereocenters. The van der Waals surface area contributed by atoms with E-state index in [1.54, 1.807) is 18.3 Å². The van der Waals surface area contributed by atoms with Crippen LogP contribution in [0.2, 0.25) is 0 Å². The fourth-order valence-electron chi connectivity index (χ4n) is 2.47. The number of hydrogen-bond acceptors (Lipinski definition) is 2. The van der Waals surface area contributed by atoms with Crippen molar-refractivity contribution in [2.75, 3.05) is 0 Å². The van der Waals surface area contributed by atoms with Crippen molar-refractivity contribution in [2.24, 2.45) is 5.73 Å². The quantitative estimate of drug-likeness (QED) is 0.786. The Kier molecular flexibility index (Phi) is 3.44. The summed E-state index contributed by atoms with van der Waals surface area (Å²) in [5, 5.41) is 2.13. The Balaban J connectivity index is 1.97. The molecule has 0 aliphatic heterocycles. The predicted octanol–water partition coefficient (Wildman–Crippen LogP) is 3.62. The zero-order chi connectivity index (χ0) is 13.9. The second-order valence-corrected chi connectivity index (χ2v) is 4.85. The van der Waals surface area contributed by atoms with Gasteiger partial charge in [-0.3, -0.25) is 4.98 Å². The summed E-state index contributed by atoms with van der Waals surface area (Å²) < 4.78 is 13.7. The maximum Gasteiger partial charge on any atom is 0.126 e. The highest BCUT2D eigenvalue weighted by Crippen LogP contribution is 2.25. The summed E-state index contributed by atoms with van der Waals surface area (Å²) in [6.07, 6.45) is 4.04. The van der Waals surface area contributed by atoms with Crippen LogP contribution in [0.25, 0.3) is 10.8 Å². The van der Waals surface area contributed by atoms with Gasteiger partial charge in [-0.25, -0.2) is 4.39 Å². The SMILES string of the molecule is NC(Cc1ccccc1F)c1cccc2ccncc12. The normalized spacial score (nSPS) is 12.5. The average Bonchev–Trinajstić information content (AvgIpc) is 2.49. The van der Waals surface area contributed by atoms with Crippen molar-refractivity contribution in [1.82, 2.24) is 4.98 Å². The van der Waals surface area contributed by atoms with Gasteiger partial charge in [-0.2, -0.15) is 0 Å². The second-order valence-electron chi connectivity index (χ2n) is 4.85. The molecule has 1 aromatic heterocycles. The molecule has 0 fully saturated rings. The monoisotopic (exact) mass is 266 g/mol. The van der Waals surface area contributed by atoms with Gasteiger partial charge in [0.15, 0.2) is 0 Å². The molecule has 3 heteroatoms. The van der Waals surface area contributed by atoms with Crippen LogP contribution >= 0.6 is 0 Å². The number of rotatable bonds is 3. The van der Waals surface area contributed by atoms with Gasteiger partial charge in [0, 0.05) is 23.8 Å². The maximum atomic E-state index is 13.7. The first kappa shape index (κ1) is 12.8. The van der Waals surface area contributed by atoms with Gasteiger partial charge in [-0.05, 0) is 35.1 Å². The molecule has 1 heterocycles. The molecule has 1 unspecified atom stereocenters. The average molecular weight is 266 g/mol. The predicted molar refractivity (Wildman–Crippen MR) is 78.8 cm³/mol. The lowest BCUT2D eigenvalue weighted by molar-refractivity contribution is 0.594. The molecule has 0 saturated heterocycles. The number of aromatic nitrogens is 1.